The Kier molecular flexibility index (Phi) is 9.32. The Labute approximate surface area is 279 Å². The van der Waals surface area contributed by atoms with Crippen LogP contribution in [-0.4, -0.2) is 51.9 Å². The van der Waals surface area contributed by atoms with Gasteiger partial charge in [0.1, 0.15) is 28.0 Å². The molecule has 3 N–H and O–H groups in total. The number of nitrogens with one attached hydrogen (secondary N) is 3. The zero-order chi connectivity index (χ0) is 34.1. The number of methoxy groups -OCH3 is 1. The molecule has 0 atom stereocenters. The Balaban J connectivity index is 1.42. The van der Waals surface area contributed by atoms with Crippen molar-refractivity contribution in [3.63, 3.8) is 0 Å². The highest BCUT2D eigenvalue weighted by Gasteiger charge is 2.23. The molecule has 0 fully saturated rings. The van der Waals surface area contributed by atoms with Crippen molar-refractivity contribution in [3.05, 3.63) is 77.3 Å². The molecular formula is C34H38N6O5S2. The molecule has 0 unspecified atom stereocenters. The molecule has 2 aromatic heterocycles. The van der Waals surface area contributed by atoms with E-state index in [2.05, 4.69) is 20.3 Å². The molecule has 5 rings (SSSR count). The van der Waals surface area contributed by atoms with Crippen LogP contribution in [0.4, 0.5) is 27.7 Å². The number of carbonyl (C=O) groups is 1. The first kappa shape index (κ1) is 33.5. The molecule has 0 saturated heterocycles. The summed E-state index contributed by atoms with van der Waals surface area (Å²) in [5, 5.41) is 8.12. The third kappa shape index (κ3) is 7.75. The third-order valence-electron chi connectivity index (χ3n) is 7.21. The average Bonchev–Trinajstić information content (AvgIpc) is 3.39. The van der Waals surface area contributed by atoms with Gasteiger partial charge in [-0.05, 0) is 48.2 Å². The van der Waals surface area contributed by atoms with Crippen LogP contribution in [0.2, 0.25) is 0 Å². The minimum atomic E-state index is -3.62. The molecule has 2 heterocycles. The van der Waals surface area contributed by atoms with Gasteiger partial charge in [-0.25, -0.2) is 18.2 Å². The average molecular weight is 675 g/mol. The van der Waals surface area contributed by atoms with Gasteiger partial charge in [0.2, 0.25) is 10.0 Å². The van der Waals surface area contributed by atoms with Gasteiger partial charge in [0, 0.05) is 42.0 Å². The van der Waals surface area contributed by atoms with E-state index >= 15 is 0 Å². The number of aryl methyl sites for hydroxylation is 1. The Bertz CT molecular complexity index is 2070. The fourth-order valence-electron chi connectivity index (χ4n) is 5.03. The molecule has 5 aromatic rings. The minimum Gasteiger partial charge on any atom is -0.492 e. The molecular weight excluding hydrogens is 637 g/mol. The maximum Gasteiger partial charge on any atom is 0.323 e. The number of hydrogen-bond donors (Lipinski definition) is 3. The van der Waals surface area contributed by atoms with Crippen molar-refractivity contribution in [1.82, 2.24) is 9.97 Å². The number of ether oxygens (including phenoxy) is 2. The van der Waals surface area contributed by atoms with E-state index in [0.29, 0.717) is 28.6 Å². The van der Waals surface area contributed by atoms with Gasteiger partial charge in [-0.2, -0.15) is 0 Å². The highest BCUT2D eigenvalue weighted by Crippen LogP contribution is 2.40. The fourth-order valence-corrected chi connectivity index (χ4v) is 6.54. The van der Waals surface area contributed by atoms with Gasteiger partial charge in [-0.15, -0.1) is 11.3 Å². The van der Waals surface area contributed by atoms with Crippen molar-refractivity contribution in [1.29, 1.82) is 0 Å². The van der Waals surface area contributed by atoms with Gasteiger partial charge < -0.3 is 25.0 Å². The second kappa shape index (κ2) is 13.1. The van der Waals surface area contributed by atoms with Crippen LogP contribution < -0.4 is 29.7 Å². The van der Waals surface area contributed by atoms with Crippen LogP contribution >= 0.6 is 11.3 Å². The van der Waals surface area contributed by atoms with Crippen molar-refractivity contribution >= 4 is 61.0 Å². The standard InChI is InChI=1S/C34H38N6O5S2/c1-20-31(40(5)6)38-32(46-20)28-19-22(15-16-35-28)45-29-14-13-25(23-11-9-10-12-24(23)29)36-33(41)37-26-17-21(34(2,3)4)18-27(30(26)44-7)39-47(8,42)43/h9-19,39H,1-8H3,(H2,36,37,41). The van der Waals surface area contributed by atoms with Crippen LogP contribution in [0.15, 0.2) is 66.9 Å². The summed E-state index contributed by atoms with van der Waals surface area (Å²) in [4.78, 5) is 25.7. The number of benzene rings is 3. The van der Waals surface area contributed by atoms with E-state index in [4.69, 9.17) is 14.5 Å². The first-order valence-electron chi connectivity index (χ1n) is 14.7. The van der Waals surface area contributed by atoms with Crippen LogP contribution in [-0.2, 0) is 15.4 Å². The van der Waals surface area contributed by atoms with Crippen LogP contribution in [0.25, 0.3) is 21.5 Å². The number of thiazole rings is 1. The maximum atomic E-state index is 13.4. The molecule has 0 aliphatic heterocycles. The molecule has 13 heteroatoms. The van der Waals surface area contributed by atoms with Crippen LogP contribution in [0.3, 0.4) is 0 Å². The van der Waals surface area contributed by atoms with E-state index in [1.807, 2.05) is 77.0 Å². The summed E-state index contributed by atoms with van der Waals surface area (Å²) in [6, 6.07) is 17.8. The molecule has 246 valence electrons. The van der Waals surface area contributed by atoms with Crippen molar-refractivity contribution in [2.24, 2.45) is 0 Å². The first-order chi connectivity index (χ1) is 22.1. The summed E-state index contributed by atoms with van der Waals surface area (Å²) in [6.07, 6.45) is 2.75. The number of pyridine rings is 1. The van der Waals surface area contributed by atoms with E-state index in [0.717, 1.165) is 38.3 Å². The van der Waals surface area contributed by atoms with Crippen molar-refractivity contribution in [2.75, 3.05) is 47.7 Å². The minimum absolute atomic E-state index is 0.190. The molecule has 11 nitrogen and oxygen atoms in total. The van der Waals surface area contributed by atoms with Crippen molar-refractivity contribution in [3.8, 4) is 28.0 Å². The molecule has 3 aromatic carbocycles. The zero-order valence-corrected chi connectivity index (χ0v) is 29.2. The highest BCUT2D eigenvalue weighted by atomic mass is 32.2. The lowest BCUT2D eigenvalue weighted by atomic mass is 9.86. The first-order valence-corrected chi connectivity index (χ1v) is 17.4. The number of sulfonamides is 1. The third-order valence-corrected chi connectivity index (χ3v) is 8.78. The van der Waals surface area contributed by atoms with Crippen LogP contribution in [0.5, 0.6) is 17.2 Å². The molecule has 0 aliphatic rings. The normalized spacial score (nSPS) is 11.7. The summed E-state index contributed by atoms with van der Waals surface area (Å²) < 4.78 is 38.6. The maximum absolute atomic E-state index is 13.4. The molecule has 0 bridgehead atoms. The smallest absolute Gasteiger partial charge is 0.323 e. The van der Waals surface area contributed by atoms with E-state index in [1.165, 1.54) is 7.11 Å². The van der Waals surface area contributed by atoms with Gasteiger partial charge in [-0.1, -0.05) is 45.0 Å². The number of rotatable bonds is 9. The van der Waals surface area contributed by atoms with Crippen molar-refractivity contribution in [2.45, 2.75) is 33.1 Å². The molecule has 0 aliphatic carbocycles. The fraction of sp³-hybridized carbons (Fsp3) is 0.265. The lowest BCUT2D eigenvalue weighted by Gasteiger charge is -2.24. The lowest BCUT2D eigenvalue weighted by Crippen LogP contribution is -2.22. The number of fused-ring (bicyclic) bond motifs is 1. The second-order valence-electron chi connectivity index (χ2n) is 12.2. The largest absolute Gasteiger partial charge is 0.492 e. The summed E-state index contributed by atoms with van der Waals surface area (Å²) in [7, 11) is 1.72. The van der Waals surface area contributed by atoms with E-state index in [1.54, 1.807) is 47.9 Å². The number of carbonyl (C=O) groups excluding carboxylic acids is 1. The second-order valence-corrected chi connectivity index (χ2v) is 15.2. The van der Waals surface area contributed by atoms with E-state index < -0.39 is 16.1 Å². The number of aromatic nitrogens is 2. The topological polar surface area (TPSA) is 135 Å². The SMILES string of the molecule is COc1c(NC(=O)Nc2ccc(Oc3ccnc(-c4nc(N(C)C)c(C)s4)c3)c3ccccc23)cc(C(C)(C)C)cc1NS(C)(=O)=O. The van der Waals surface area contributed by atoms with Gasteiger partial charge in [0.25, 0.3) is 0 Å². The Morgan fingerprint density at radius 3 is 2.26 bits per heavy atom. The number of urea groups is 1. The molecule has 2 amide bonds. The van der Waals surface area contributed by atoms with Gasteiger partial charge in [0.05, 0.1) is 30.4 Å². The quantitative estimate of drug-likeness (QED) is 0.144. The molecule has 0 spiro atoms. The van der Waals surface area contributed by atoms with Crippen LogP contribution in [0.1, 0.15) is 31.2 Å². The molecule has 47 heavy (non-hydrogen) atoms. The summed E-state index contributed by atoms with van der Waals surface area (Å²) >= 11 is 1.57. The lowest BCUT2D eigenvalue weighted by molar-refractivity contribution is 0.262. The molecule has 0 saturated carbocycles. The summed E-state index contributed by atoms with van der Waals surface area (Å²) in [5.74, 6) is 2.29. The van der Waals surface area contributed by atoms with E-state index in [9.17, 15) is 13.2 Å². The number of amides is 2. The monoisotopic (exact) mass is 674 g/mol. The predicted molar refractivity (Wildman–Crippen MR) is 191 cm³/mol. The molecule has 0 radical (unpaired) electrons. The van der Waals surface area contributed by atoms with Gasteiger partial charge in [0.15, 0.2) is 5.75 Å². The van der Waals surface area contributed by atoms with Crippen molar-refractivity contribution < 1.29 is 22.7 Å². The highest BCUT2D eigenvalue weighted by molar-refractivity contribution is 7.92. The van der Waals surface area contributed by atoms with E-state index in [-0.39, 0.29) is 16.9 Å². The zero-order valence-electron chi connectivity index (χ0n) is 27.6. The Morgan fingerprint density at radius 1 is 0.936 bits per heavy atom. The number of hydrogen-bond acceptors (Lipinski definition) is 9. The summed E-state index contributed by atoms with van der Waals surface area (Å²) in [6.45, 7) is 8.01. The van der Waals surface area contributed by atoms with Crippen LogP contribution in [0, 0.1) is 6.92 Å². The van der Waals surface area contributed by atoms with Gasteiger partial charge >= 0.3 is 6.03 Å². The van der Waals surface area contributed by atoms with Gasteiger partial charge in [-0.3, -0.25) is 9.71 Å². The summed E-state index contributed by atoms with van der Waals surface area (Å²) in [5.41, 5.74) is 2.26. The number of anilines is 4. The number of nitrogens with zero attached hydrogens (tertiary/aromatic N) is 3. The Morgan fingerprint density at radius 2 is 1.62 bits per heavy atom. The predicted octanol–water partition coefficient (Wildman–Crippen LogP) is 7.85. The Hall–Kier alpha value is -4.88.